The molecule has 1 aromatic heterocycles. The molecule has 0 aliphatic carbocycles. The number of Topliss-reactive ketones (excluding diaryl/α,β-unsaturated/α-hetero) is 1. The Hall–Kier alpha value is -2.89. The molecule has 9 nitrogen and oxygen atoms in total. The average molecular weight is 559 g/mol. The first-order valence-corrected chi connectivity index (χ1v) is 14.5. The van der Waals surface area contributed by atoms with Crippen molar-refractivity contribution in [3.05, 3.63) is 46.2 Å². The summed E-state index contributed by atoms with van der Waals surface area (Å²) in [6.07, 6.45) is 3.89. The van der Waals surface area contributed by atoms with Crippen LogP contribution in [0.3, 0.4) is 0 Å². The predicted octanol–water partition coefficient (Wildman–Crippen LogP) is 3.31. The van der Waals surface area contributed by atoms with Gasteiger partial charge in [0.05, 0.1) is 17.1 Å². The molecular weight excluding hydrogens is 519 g/mol. The first-order valence-electron chi connectivity index (χ1n) is 13.7. The summed E-state index contributed by atoms with van der Waals surface area (Å²) in [5.41, 5.74) is 1.77. The maximum atomic E-state index is 13.3. The molecule has 0 spiro atoms. The van der Waals surface area contributed by atoms with Gasteiger partial charge in [0.15, 0.2) is 10.9 Å². The Kier molecular flexibility index (Phi) is 10.0. The number of carbonyl (C=O) groups excluding carboxylic acids is 3. The van der Waals surface area contributed by atoms with Crippen LogP contribution in [0.5, 0.6) is 0 Å². The van der Waals surface area contributed by atoms with E-state index < -0.39 is 0 Å². The number of likely N-dealkylation sites (N-methyl/N-ethyl adjacent to an activating group) is 1. The van der Waals surface area contributed by atoms with Gasteiger partial charge in [-0.1, -0.05) is 23.5 Å². The van der Waals surface area contributed by atoms with E-state index in [9.17, 15) is 18.8 Å². The molecule has 11 heteroatoms. The molecule has 0 radical (unpaired) electrons. The van der Waals surface area contributed by atoms with E-state index in [1.165, 1.54) is 30.4 Å². The highest BCUT2D eigenvalue weighted by Gasteiger charge is 2.33. The molecule has 0 unspecified atom stereocenters. The standard InChI is InChI=1S/C28H39FN6O3S/c1-18-26(19(2)36)39-28(31-18)33-27(38)32-24-10-12-35(17-25(37)30-3)16-22(24)15-34-11-4-5-21(14-34)13-20-6-8-23(29)9-7-20/h6-9,21-22,24H,4-5,10-17H2,1-3H3,(H,30,37)(H2,31,32,33,38)/t21-,22-,24+/m0/s1. The number of hydrogen-bond donors (Lipinski definition) is 3. The number of nitrogens with one attached hydrogen (secondary N) is 3. The molecule has 3 heterocycles. The molecular formula is C28H39FN6O3S. The van der Waals surface area contributed by atoms with Gasteiger partial charge in [0.2, 0.25) is 5.91 Å². The lowest BCUT2D eigenvalue weighted by Crippen LogP contribution is -2.56. The Balaban J connectivity index is 1.39. The Bertz CT molecular complexity index is 1160. The minimum absolute atomic E-state index is 0.0179. The second-order valence-corrected chi connectivity index (χ2v) is 11.7. The second kappa shape index (κ2) is 13.5. The van der Waals surface area contributed by atoms with E-state index in [-0.39, 0.29) is 35.5 Å². The number of aromatic nitrogens is 1. The Morgan fingerprint density at radius 2 is 1.87 bits per heavy atom. The molecule has 2 aromatic rings. The molecule has 2 aliphatic heterocycles. The predicted molar refractivity (Wildman–Crippen MR) is 151 cm³/mol. The zero-order valence-corrected chi connectivity index (χ0v) is 23.8. The Labute approximate surface area is 233 Å². The van der Waals surface area contributed by atoms with Gasteiger partial charge in [0.1, 0.15) is 5.82 Å². The van der Waals surface area contributed by atoms with Crippen molar-refractivity contribution >= 4 is 34.2 Å². The van der Waals surface area contributed by atoms with Gasteiger partial charge in [0, 0.05) is 52.1 Å². The number of aryl methyl sites for hydroxylation is 1. The van der Waals surface area contributed by atoms with Crippen LogP contribution in [0, 0.1) is 24.6 Å². The van der Waals surface area contributed by atoms with E-state index in [0.717, 1.165) is 50.9 Å². The van der Waals surface area contributed by atoms with Crippen LogP contribution in [0.4, 0.5) is 14.3 Å². The lowest BCUT2D eigenvalue weighted by atomic mass is 9.88. The summed E-state index contributed by atoms with van der Waals surface area (Å²) >= 11 is 1.18. The topological polar surface area (TPSA) is 107 Å². The van der Waals surface area contributed by atoms with Gasteiger partial charge in [-0.2, -0.15) is 0 Å². The van der Waals surface area contributed by atoms with Crippen molar-refractivity contribution in [1.82, 2.24) is 25.4 Å². The molecule has 212 valence electrons. The number of nitrogens with zero attached hydrogens (tertiary/aromatic N) is 3. The molecule has 2 aliphatic rings. The fourth-order valence-electron chi connectivity index (χ4n) is 5.76. The monoisotopic (exact) mass is 558 g/mol. The van der Waals surface area contributed by atoms with Crippen molar-refractivity contribution in [3.63, 3.8) is 0 Å². The molecule has 3 atom stereocenters. The SMILES string of the molecule is CNC(=O)CN1CC[C@@H](NC(=O)Nc2nc(C)c(C(C)=O)s2)[C@@H](CN2CCC[C@@H](Cc3ccc(F)cc3)C2)C1. The smallest absolute Gasteiger partial charge is 0.321 e. The minimum Gasteiger partial charge on any atom is -0.358 e. The lowest BCUT2D eigenvalue weighted by molar-refractivity contribution is -0.122. The third-order valence-corrected chi connectivity index (χ3v) is 8.82. The molecule has 39 heavy (non-hydrogen) atoms. The van der Waals surface area contributed by atoms with Gasteiger partial charge >= 0.3 is 6.03 Å². The van der Waals surface area contributed by atoms with Crippen molar-refractivity contribution in [1.29, 1.82) is 0 Å². The van der Waals surface area contributed by atoms with Crippen molar-refractivity contribution in [3.8, 4) is 0 Å². The van der Waals surface area contributed by atoms with Crippen molar-refractivity contribution in [2.75, 3.05) is 51.6 Å². The van der Waals surface area contributed by atoms with Gasteiger partial charge in [-0.15, -0.1) is 0 Å². The van der Waals surface area contributed by atoms with E-state index in [0.29, 0.717) is 41.3 Å². The molecule has 4 rings (SSSR count). The van der Waals surface area contributed by atoms with Crippen LogP contribution in [0.2, 0.25) is 0 Å². The van der Waals surface area contributed by atoms with Crippen LogP contribution < -0.4 is 16.0 Å². The molecule has 0 saturated carbocycles. The highest BCUT2D eigenvalue weighted by molar-refractivity contribution is 7.17. The summed E-state index contributed by atoms with van der Waals surface area (Å²) in [5, 5.41) is 9.07. The number of anilines is 1. The number of carbonyl (C=O) groups is 3. The van der Waals surface area contributed by atoms with E-state index in [1.54, 1.807) is 14.0 Å². The first kappa shape index (κ1) is 29.1. The van der Waals surface area contributed by atoms with Gasteiger partial charge in [-0.25, -0.2) is 14.2 Å². The summed E-state index contributed by atoms with van der Waals surface area (Å²) in [6.45, 7) is 7.79. The van der Waals surface area contributed by atoms with E-state index in [1.807, 2.05) is 12.1 Å². The van der Waals surface area contributed by atoms with Gasteiger partial charge in [-0.05, 0) is 62.8 Å². The van der Waals surface area contributed by atoms with Gasteiger partial charge in [0.25, 0.3) is 0 Å². The lowest BCUT2D eigenvalue weighted by Gasteiger charge is -2.42. The molecule has 2 saturated heterocycles. The van der Waals surface area contributed by atoms with Crippen LogP contribution in [0.1, 0.15) is 47.1 Å². The number of rotatable bonds is 9. The zero-order chi connectivity index (χ0) is 27.9. The third kappa shape index (κ3) is 8.30. The second-order valence-electron chi connectivity index (χ2n) is 10.8. The van der Waals surface area contributed by atoms with E-state index >= 15 is 0 Å². The molecule has 3 amide bonds. The maximum Gasteiger partial charge on any atom is 0.321 e. The number of piperidine rings is 2. The quantitative estimate of drug-likeness (QED) is 0.408. The maximum absolute atomic E-state index is 13.3. The number of ketones is 1. The van der Waals surface area contributed by atoms with Gasteiger partial charge in [-0.3, -0.25) is 19.8 Å². The first-order chi connectivity index (χ1) is 18.7. The van der Waals surface area contributed by atoms with E-state index in [2.05, 4.69) is 30.7 Å². The fraction of sp³-hybridized carbons (Fsp3) is 0.571. The third-order valence-electron chi connectivity index (χ3n) is 7.65. The summed E-state index contributed by atoms with van der Waals surface area (Å²) in [6, 6.07) is 6.39. The number of benzene rings is 1. The van der Waals surface area contributed by atoms with Crippen molar-refractivity contribution < 1.29 is 18.8 Å². The van der Waals surface area contributed by atoms with Crippen LogP contribution in [-0.4, -0.2) is 84.9 Å². The number of amides is 3. The van der Waals surface area contributed by atoms with Crippen LogP contribution in [0.25, 0.3) is 0 Å². The highest BCUT2D eigenvalue weighted by Crippen LogP contribution is 2.26. The van der Waals surface area contributed by atoms with Crippen molar-refractivity contribution in [2.24, 2.45) is 11.8 Å². The summed E-state index contributed by atoms with van der Waals surface area (Å²) in [7, 11) is 1.64. The average Bonchev–Trinajstić information content (AvgIpc) is 3.27. The summed E-state index contributed by atoms with van der Waals surface area (Å²) < 4.78 is 13.3. The summed E-state index contributed by atoms with van der Waals surface area (Å²) in [4.78, 5) is 46.3. The van der Waals surface area contributed by atoms with Crippen LogP contribution >= 0.6 is 11.3 Å². The Morgan fingerprint density at radius 3 is 2.56 bits per heavy atom. The number of hydrogen-bond acceptors (Lipinski definition) is 7. The minimum atomic E-state index is -0.332. The van der Waals surface area contributed by atoms with Crippen molar-refractivity contribution in [2.45, 2.75) is 45.6 Å². The molecule has 0 bridgehead atoms. The van der Waals surface area contributed by atoms with Crippen LogP contribution in [0.15, 0.2) is 24.3 Å². The molecule has 3 N–H and O–H groups in total. The largest absolute Gasteiger partial charge is 0.358 e. The molecule has 1 aromatic carbocycles. The van der Waals surface area contributed by atoms with E-state index in [4.69, 9.17) is 0 Å². The zero-order valence-electron chi connectivity index (χ0n) is 23.0. The number of urea groups is 1. The van der Waals surface area contributed by atoms with Crippen LogP contribution in [-0.2, 0) is 11.2 Å². The Morgan fingerprint density at radius 1 is 1.10 bits per heavy atom. The number of thiazole rings is 1. The normalized spacial score (nSPS) is 22.3. The number of halogens is 1. The summed E-state index contributed by atoms with van der Waals surface area (Å²) in [5.74, 6) is 0.337. The molecule has 2 fully saturated rings. The highest BCUT2D eigenvalue weighted by atomic mass is 32.1. The van der Waals surface area contributed by atoms with Gasteiger partial charge < -0.3 is 15.5 Å². The fourth-order valence-corrected chi connectivity index (χ4v) is 6.61. The number of likely N-dealkylation sites (tertiary alicyclic amines) is 2.